The number of likely N-dealkylation sites (N-methyl/N-ethyl adjacent to an activating group) is 1. The van der Waals surface area contributed by atoms with Gasteiger partial charge in [-0.05, 0) is 49.9 Å². The van der Waals surface area contributed by atoms with Crippen LogP contribution in [0, 0.1) is 0 Å². The molecule has 1 aromatic carbocycles. The van der Waals surface area contributed by atoms with Gasteiger partial charge in [-0.25, -0.2) is 0 Å². The average molecular weight is 392 g/mol. The van der Waals surface area contributed by atoms with Crippen molar-refractivity contribution in [3.63, 3.8) is 0 Å². The quantitative estimate of drug-likeness (QED) is 0.766. The van der Waals surface area contributed by atoms with Gasteiger partial charge in [0.05, 0.1) is 8.95 Å². The molecule has 0 bridgehead atoms. The van der Waals surface area contributed by atoms with Gasteiger partial charge in [-0.3, -0.25) is 9.59 Å². The van der Waals surface area contributed by atoms with Crippen LogP contribution in [0.5, 0.6) is 5.75 Å². The lowest BCUT2D eigenvalue weighted by atomic mass is 9.97. The highest BCUT2D eigenvalue weighted by Crippen LogP contribution is 2.42. The van der Waals surface area contributed by atoms with Crippen molar-refractivity contribution in [3.8, 4) is 5.75 Å². The van der Waals surface area contributed by atoms with Crippen LogP contribution in [0.1, 0.15) is 23.6 Å². The summed E-state index contributed by atoms with van der Waals surface area (Å²) in [6.07, 6.45) is 0.802. The van der Waals surface area contributed by atoms with Crippen molar-refractivity contribution in [2.24, 2.45) is 5.73 Å². The number of amides is 2. The summed E-state index contributed by atoms with van der Waals surface area (Å²) in [4.78, 5) is 24.9. The number of hydrogen-bond donors (Lipinski definition) is 2. The molecule has 0 aliphatic carbocycles. The van der Waals surface area contributed by atoms with Crippen LogP contribution in [0.2, 0.25) is 0 Å². The number of fused-ring (bicyclic) bond motifs is 1. The van der Waals surface area contributed by atoms with Crippen molar-refractivity contribution in [2.45, 2.75) is 18.9 Å². The van der Waals surface area contributed by atoms with Crippen LogP contribution in [0.25, 0.3) is 0 Å². The van der Waals surface area contributed by atoms with Crippen LogP contribution >= 0.6 is 31.9 Å². The zero-order chi connectivity index (χ0) is 14.3. The number of carbonyl (C=O) groups excluding carboxylic acids is 2. The predicted molar refractivity (Wildman–Crippen MR) is 76.5 cm³/mol. The molecule has 5 nitrogen and oxygen atoms in total. The number of aromatic hydroxyl groups is 1. The van der Waals surface area contributed by atoms with Crippen molar-refractivity contribution in [1.29, 1.82) is 0 Å². The summed E-state index contributed by atoms with van der Waals surface area (Å²) in [5.74, 6) is -0.781. The van der Waals surface area contributed by atoms with E-state index in [1.807, 2.05) is 0 Å². The maximum Gasteiger partial charge on any atom is 0.244 e. The molecule has 2 rings (SSSR count). The van der Waals surface area contributed by atoms with Crippen LogP contribution in [-0.2, 0) is 16.0 Å². The molecule has 3 N–H and O–H groups in total. The van der Waals surface area contributed by atoms with Gasteiger partial charge in [-0.2, -0.15) is 0 Å². The minimum absolute atomic E-state index is 0.00671. The highest BCUT2D eigenvalue weighted by molar-refractivity contribution is 9.11. The Kier molecular flexibility index (Phi) is 3.87. The second-order valence-electron chi connectivity index (χ2n) is 4.40. The molecule has 19 heavy (non-hydrogen) atoms. The van der Waals surface area contributed by atoms with E-state index in [0.29, 0.717) is 27.4 Å². The number of aryl methyl sites for hydroxylation is 1. The van der Waals surface area contributed by atoms with Gasteiger partial charge in [0, 0.05) is 19.0 Å². The molecule has 0 saturated carbocycles. The number of primary amides is 1. The first kappa shape index (κ1) is 14.3. The summed E-state index contributed by atoms with van der Waals surface area (Å²) in [5.41, 5.74) is 6.79. The molecular weight excluding hydrogens is 380 g/mol. The largest absolute Gasteiger partial charge is 0.506 e. The van der Waals surface area contributed by atoms with Crippen molar-refractivity contribution in [3.05, 3.63) is 26.1 Å². The number of halogens is 2. The van der Waals surface area contributed by atoms with Crippen molar-refractivity contribution in [1.82, 2.24) is 4.90 Å². The maximum atomic E-state index is 11.9. The fourth-order valence-corrected chi connectivity index (χ4v) is 3.69. The molecular formula is C12H12Br2N2O3. The fraction of sp³-hybridized carbons (Fsp3) is 0.333. The molecule has 0 saturated heterocycles. The number of nitrogens with two attached hydrogens (primary N) is 1. The molecule has 0 radical (unpaired) electrons. The Balaban J connectivity index is 2.72. The Morgan fingerprint density at radius 2 is 2.11 bits per heavy atom. The first-order valence-electron chi connectivity index (χ1n) is 5.59. The smallest absolute Gasteiger partial charge is 0.244 e. The third-order valence-electron chi connectivity index (χ3n) is 3.25. The SMILES string of the molecule is CN1C(=O)CCc2cc(Br)c(O)c(Br)c2C1C(N)=O. The van der Waals surface area contributed by atoms with Gasteiger partial charge in [-0.15, -0.1) is 0 Å². The number of hydrogen-bond acceptors (Lipinski definition) is 3. The first-order valence-corrected chi connectivity index (χ1v) is 7.18. The van der Waals surface area contributed by atoms with Gasteiger partial charge >= 0.3 is 0 Å². The third-order valence-corrected chi connectivity index (χ3v) is 4.66. The summed E-state index contributed by atoms with van der Waals surface area (Å²) in [5, 5.41) is 9.96. The molecule has 102 valence electrons. The lowest BCUT2D eigenvalue weighted by Gasteiger charge is -2.26. The van der Waals surface area contributed by atoms with Crippen LogP contribution in [0.4, 0.5) is 0 Å². The van der Waals surface area contributed by atoms with E-state index < -0.39 is 11.9 Å². The van der Waals surface area contributed by atoms with Crippen LogP contribution in [0.15, 0.2) is 15.0 Å². The summed E-state index contributed by atoms with van der Waals surface area (Å²) in [7, 11) is 1.54. The summed E-state index contributed by atoms with van der Waals surface area (Å²) >= 11 is 6.53. The minimum Gasteiger partial charge on any atom is -0.506 e. The number of carbonyl (C=O) groups is 2. The molecule has 1 heterocycles. The standard InChI is InChI=1S/C12H12Br2N2O3/c1-16-7(17)3-2-5-4-6(13)11(18)9(14)8(5)10(16)12(15)19/h4,10,18H,2-3H2,1H3,(H2,15,19). The van der Waals surface area contributed by atoms with E-state index in [1.165, 1.54) is 4.90 Å². The fourth-order valence-electron chi connectivity index (χ4n) is 2.26. The summed E-state index contributed by atoms with van der Waals surface area (Å²) in [6.45, 7) is 0. The highest BCUT2D eigenvalue weighted by Gasteiger charge is 2.34. The number of phenols is 1. The van der Waals surface area contributed by atoms with Crippen molar-refractivity contribution >= 4 is 43.7 Å². The number of benzene rings is 1. The summed E-state index contributed by atoms with van der Waals surface area (Å²) < 4.78 is 0.903. The Hall–Kier alpha value is -1.08. The first-order chi connectivity index (χ1) is 8.84. The lowest BCUT2D eigenvalue weighted by Crippen LogP contribution is -2.38. The number of rotatable bonds is 1. The average Bonchev–Trinajstić information content (AvgIpc) is 2.46. The minimum atomic E-state index is -0.877. The topological polar surface area (TPSA) is 83.6 Å². The monoisotopic (exact) mass is 390 g/mol. The zero-order valence-electron chi connectivity index (χ0n) is 10.1. The van der Waals surface area contributed by atoms with Crippen LogP contribution in [0.3, 0.4) is 0 Å². The van der Waals surface area contributed by atoms with Gasteiger partial charge in [-0.1, -0.05) is 0 Å². The van der Waals surface area contributed by atoms with E-state index in [1.54, 1.807) is 13.1 Å². The van der Waals surface area contributed by atoms with Gasteiger partial charge in [0.15, 0.2) is 0 Å². The number of nitrogens with zero attached hydrogens (tertiary/aromatic N) is 1. The Labute approximate surface area is 127 Å². The molecule has 7 heteroatoms. The normalized spacial score (nSPS) is 19.0. The van der Waals surface area contributed by atoms with Gasteiger partial charge in [0.2, 0.25) is 11.8 Å². The molecule has 0 aromatic heterocycles. The van der Waals surface area contributed by atoms with Crippen LogP contribution in [-0.4, -0.2) is 28.9 Å². The Morgan fingerprint density at radius 1 is 1.47 bits per heavy atom. The second kappa shape index (κ2) is 5.13. The summed E-state index contributed by atoms with van der Waals surface area (Å²) in [6, 6.07) is 0.844. The van der Waals surface area contributed by atoms with Gasteiger partial charge in [0.25, 0.3) is 0 Å². The van der Waals surface area contributed by atoms with Crippen molar-refractivity contribution < 1.29 is 14.7 Å². The van der Waals surface area contributed by atoms with Crippen molar-refractivity contribution in [2.75, 3.05) is 7.05 Å². The molecule has 0 spiro atoms. The molecule has 1 aliphatic rings. The van der Waals surface area contributed by atoms with E-state index in [0.717, 1.165) is 5.56 Å². The highest BCUT2D eigenvalue weighted by atomic mass is 79.9. The van der Waals surface area contributed by atoms with Crippen LogP contribution < -0.4 is 5.73 Å². The molecule has 2 amide bonds. The van der Waals surface area contributed by atoms with E-state index in [2.05, 4.69) is 31.9 Å². The molecule has 0 fully saturated rings. The maximum absolute atomic E-state index is 11.9. The Bertz CT molecular complexity index is 575. The number of phenolic OH excluding ortho intramolecular Hbond substituents is 1. The van der Waals surface area contributed by atoms with Gasteiger partial charge < -0.3 is 15.7 Å². The molecule has 1 atom stereocenters. The predicted octanol–water partition coefficient (Wildman–Crippen LogP) is 1.85. The van der Waals surface area contributed by atoms with E-state index in [4.69, 9.17) is 5.73 Å². The van der Waals surface area contributed by atoms with E-state index in [9.17, 15) is 14.7 Å². The Morgan fingerprint density at radius 3 is 2.68 bits per heavy atom. The third kappa shape index (κ3) is 2.36. The van der Waals surface area contributed by atoms with Gasteiger partial charge in [0.1, 0.15) is 11.8 Å². The second-order valence-corrected chi connectivity index (χ2v) is 6.05. The lowest BCUT2D eigenvalue weighted by molar-refractivity contribution is -0.137. The van der Waals surface area contributed by atoms with E-state index >= 15 is 0 Å². The molecule has 1 aromatic rings. The molecule has 1 aliphatic heterocycles. The zero-order valence-corrected chi connectivity index (χ0v) is 13.3. The molecule has 1 unspecified atom stereocenters. The van der Waals surface area contributed by atoms with E-state index in [-0.39, 0.29) is 11.7 Å².